The second kappa shape index (κ2) is 5.29. The molecule has 0 saturated heterocycles. The molecule has 21 heavy (non-hydrogen) atoms. The molecular weight excluding hydrogens is 293 g/mol. The van der Waals surface area contributed by atoms with Crippen molar-refractivity contribution in [3.8, 4) is 0 Å². The number of hydrogen-bond donors (Lipinski definition) is 1. The van der Waals surface area contributed by atoms with Gasteiger partial charge >= 0.3 is 0 Å². The molecular formula is C14H13ClFN5. The van der Waals surface area contributed by atoms with E-state index in [1.165, 1.54) is 6.07 Å². The number of halogens is 2. The Balaban J connectivity index is 1.89. The molecule has 0 spiro atoms. The van der Waals surface area contributed by atoms with Crippen LogP contribution in [0.15, 0.2) is 24.3 Å². The third-order valence-electron chi connectivity index (χ3n) is 3.21. The summed E-state index contributed by atoms with van der Waals surface area (Å²) < 4.78 is 15.1. The third-order valence-corrected chi connectivity index (χ3v) is 3.75. The van der Waals surface area contributed by atoms with Gasteiger partial charge in [-0.25, -0.2) is 9.37 Å². The fourth-order valence-electron chi connectivity index (χ4n) is 2.05. The molecule has 5 nitrogen and oxygen atoms in total. The summed E-state index contributed by atoms with van der Waals surface area (Å²) >= 11 is 6.14. The topological polar surface area (TPSA) is 55.1 Å². The molecule has 0 fully saturated rings. The average molecular weight is 306 g/mol. The Morgan fingerprint density at radius 3 is 2.76 bits per heavy atom. The minimum Gasteiger partial charge on any atom is -0.349 e. The number of hydrogen-bond acceptors (Lipinski definition) is 4. The molecule has 108 valence electrons. The molecule has 0 bridgehead atoms. The molecule has 1 aromatic carbocycles. The number of nitrogens with zero attached hydrogens (tertiary/aromatic N) is 4. The summed E-state index contributed by atoms with van der Waals surface area (Å²) in [5, 5.41) is 7.84. The van der Waals surface area contributed by atoms with Crippen LogP contribution in [0, 0.1) is 19.7 Å². The fraction of sp³-hybridized carbons (Fsp3) is 0.214. The highest BCUT2D eigenvalue weighted by Gasteiger charge is 2.12. The number of anilines is 1. The maximum atomic E-state index is 13.6. The van der Waals surface area contributed by atoms with Crippen LogP contribution in [-0.2, 0) is 6.54 Å². The zero-order valence-electron chi connectivity index (χ0n) is 11.6. The van der Waals surface area contributed by atoms with Crippen LogP contribution in [0.4, 0.5) is 10.3 Å². The van der Waals surface area contributed by atoms with E-state index in [9.17, 15) is 4.39 Å². The second-order valence-electron chi connectivity index (χ2n) is 4.69. The van der Waals surface area contributed by atoms with Crippen molar-refractivity contribution in [2.24, 2.45) is 0 Å². The molecule has 3 aromatic rings. The van der Waals surface area contributed by atoms with Crippen LogP contribution in [0.2, 0.25) is 5.02 Å². The Labute approximate surface area is 125 Å². The van der Waals surface area contributed by atoms with E-state index in [1.807, 2.05) is 13.8 Å². The predicted molar refractivity (Wildman–Crippen MR) is 79.0 cm³/mol. The van der Waals surface area contributed by atoms with Crippen LogP contribution in [-0.4, -0.2) is 19.6 Å². The van der Waals surface area contributed by atoms with Gasteiger partial charge in [0.05, 0.1) is 16.4 Å². The van der Waals surface area contributed by atoms with E-state index in [0.29, 0.717) is 34.6 Å². The lowest BCUT2D eigenvalue weighted by Crippen LogP contribution is -2.03. The quantitative estimate of drug-likeness (QED) is 0.807. The maximum Gasteiger partial charge on any atom is 0.254 e. The van der Waals surface area contributed by atoms with Crippen molar-refractivity contribution in [2.75, 3.05) is 5.32 Å². The number of fused-ring (bicyclic) bond motifs is 1. The zero-order valence-corrected chi connectivity index (χ0v) is 12.3. The molecule has 0 aliphatic carbocycles. The van der Waals surface area contributed by atoms with Gasteiger partial charge < -0.3 is 5.32 Å². The highest BCUT2D eigenvalue weighted by molar-refractivity contribution is 6.31. The summed E-state index contributed by atoms with van der Waals surface area (Å²) in [5.41, 5.74) is 2.02. The van der Waals surface area contributed by atoms with Crippen molar-refractivity contribution >= 4 is 23.3 Å². The molecule has 0 unspecified atom stereocenters. The van der Waals surface area contributed by atoms with Gasteiger partial charge in [-0.1, -0.05) is 29.8 Å². The first-order valence-electron chi connectivity index (χ1n) is 6.43. The molecule has 0 radical (unpaired) electrons. The zero-order chi connectivity index (χ0) is 15.0. The molecule has 3 rings (SSSR count). The largest absolute Gasteiger partial charge is 0.349 e. The van der Waals surface area contributed by atoms with E-state index >= 15 is 0 Å². The van der Waals surface area contributed by atoms with Crippen molar-refractivity contribution in [3.05, 3.63) is 52.1 Å². The van der Waals surface area contributed by atoms with E-state index in [-0.39, 0.29) is 5.82 Å². The number of aromatic nitrogens is 4. The highest BCUT2D eigenvalue weighted by atomic mass is 35.5. The molecule has 7 heteroatoms. The van der Waals surface area contributed by atoms with Gasteiger partial charge in [0.2, 0.25) is 5.95 Å². The van der Waals surface area contributed by atoms with Crippen LogP contribution in [0.3, 0.4) is 0 Å². The van der Waals surface area contributed by atoms with Crippen LogP contribution in [0.25, 0.3) is 5.78 Å². The monoisotopic (exact) mass is 305 g/mol. The molecule has 2 aromatic heterocycles. The average Bonchev–Trinajstić information content (AvgIpc) is 2.87. The van der Waals surface area contributed by atoms with E-state index in [0.717, 1.165) is 5.69 Å². The molecule has 1 N–H and O–H groups in total. The van der Waals surface area contributed by atoms with Crippen LogP contribution in [0.5, 0.6) is 0 Å². The van der Waals surface area contributed by atoms with E-state index in [2.05, 4.69) is 20.4 Å². The molecule has 2 heterocycles. The molecule has 0 amide bonds. The first-order chi connectivity index (χ1) is 10.1. The molecule has 0 aliphatic rings. The van der Waals surface area contributed by atoms with Crippen molar-refractivity contribution in [1.29, 1.82) is 0 Å². The number of benzene rings is 1. The summed E-state index contributed by atoms with van der Waals surface area (Å²) in [5.74, 6) is 0.586. The smallest absolute Gasteiger partial charge is 0.254 e. The van der Waals surface area contributed by atoms with Gasteiger partial charge in [0, 0.05) is 12.1 Å². The minimum atomic E-state index is -0.262. The van der Waals surface area contributed by atoms with Crippen molar-refractivity contribution in [2.45, 2.75) is 20.4 Å². The summed E-state index contributed by atoms with van der Waals surface area (Å²) in [6.45, 7) is 3.96. The SMILES string of the molecule is Cc1nc2nc(NCc3ccccc3F)nn2c(C)c1Cl. The first kappa shape index (κ1) is 13.8. The molecule has 0 aliphatic heterocycles. The number of aryl methyl sites for hydroxylation is 2. The second-order valence-corrected chi connectivity index (χ2v) is 5.07. The van der Waals surface area contributed by atoms with Crippen molar-refractivity contribution in [1.82, 2.24) is 19.6 Å². The van der Waals surface area contributed by atoms with Gasteiger partial charge in [0.1, 0.15) is 5.82 Å². The fourth-order valence-corrected chi connectivity index (χ4v) is 2.17. The first-order valence-corrected chi connectivity index (χ1v) is 6.81. The predicted octanol–water partition coefficient (Wildman–Crippen LogP) is 3.15. The van der Waals surface area contributed by atoms with Crippen LogP contribution < -0.4 is 5.32 Å². The molecule has 0 saturated carbocycles. The normalized spacial score (nSPS) is 11.0. The highest BCUT2D eigenvalue weighted by Crippen LogP contribution is 2.19. The van der Waals surface area contributed by atoms with Crippen LogP contribution >= 0.6 is 11.6 Å². The van der Waals surface area contributed by atoms with Gasteiger partial charge in [0.25, 0.3) is 5.78 Å². The third kappa shape index (κ3) is 2.54. The lowest BCUT2D eigenvalue weighted by molar-refractivity contribution is 0.612. The molecule has 0 atom stereocenters. The Morgan fingerprint density at radius 2 is 2.00 bits per heavy atom. The van der Waals surface area contributed by atoms with Crippen molar-refractivity contribution < 1.29 is 4.39 Å². The van der Waals surface area contributed by atoms with Gasteiger partial charge in [-0.15, -0.1) is 5.10 Å². The van der Waals surface area contributed by atoms with E-state index in [1.54, 1.807) is 22.7 Å². The van der Waals surface area contributed by atoms with Gasteiger partial charge in [-0.3, -0.25) is 0 Å². The Morgan fingerprint density at radius 1 is 1.24 bits per heavy atom. The van der Waals surface area contributed by atoms with E-state index in [4.69, 9.17) is 11.6 Å². The lowest BCUT2D eigenvalue weighted by atomic mass is 10.2. The van der Waals surface area contributed by atoms with Gasteiger partial charge in [0.15, 0.2) is 0 Å². The summed E-state index contributed by atoms with van der Waals surface area (Å²) in [6.07, 6.45) is 0. The number of rotatable bonds is 3. The van der Waals surface area contributed by atoms with Crippen LogP contribution in [0.1, 0.15) is 17.0 Å². The Bertz CT molecular complexity index is 814. The lowest BCUT2D eigenvalue weighted by Gasteiger charge is -2.03. The minimum absolute atomic E-state index is 0.262. The summed E-state index contributed by atoms with van der Waals surface area (Å²) in [6, 6.07) is 6.57. The Kier molecular flexibility index (Phi) is 3.47. The van der Waals surface area contributed by atoms with E-state index < -0.39 is 0 Å². The summed E-state index contributed by atoms with van der Waals surface area (Å²) in [4.78, 5) is 8.54. The van der Waals surface area contributed by atoms with Gasteiger partial charge in [-0.05, 0) is 19.9 Å². The van der Waals surface area contributed by atoms with Gasteiger partial charge in [-0.2, -0.15) is 9.50 Å². The Hall–Kier alpha value is -2.21. The summed E-state index contributed by atoms with van der Waals surface area (Å²) in [7, 11) is 0. The standard InChI is InChI=1S/C14H13ClFN5/c1-8-12(15)9(2)21-14(18-8)19-13(20-21)17-7-10-5-3-4-6-11(10)16/h3-6H,7H2,1-2H3,(H,17,20). The van der Waals surface area contributed by atoms with Crippen molar-refractivity contribution in [3.63, 3.8) is 0 Å². The maximum absolute atomic E-state index is 13.6. The number of nitrogens with one attached hydrogen (secondary N) is 1.